The van der Waals surface area contributed by atoms with Crippen molar-refractivity contribution in [1.29, 1.82) is 0 Å². The van der Waals surface area contributed by atoms with E-state index in [4.69, 9.17) is 10.5 Å². The first-order valence-corrected chi connectivity index (χ1v) is 9.20. The van der Waals surface area contributed by atoms with Crippen LogP contribution in [0.3, 0.4) is 0 Å². The maximum Gasteiger partial charge on any atom is 0.244 e. The molecule has 1 aliphatic heterocycles. The number of hydrogen-bond donors (Lipinski definition) is 1. The molecule has 0 aromatic heterocycles. The Morgan fingerprint density at radius 2 is 2.05 bits per heavy atom. The van der Waals surface area contributed by atoms with Crippen molar-refractivity contribution in [2.45, 2.75) is 24.3 Å². The molecule has 0 spiro atoms. The lowest BCUT2D eigenvalue weighted by Gasteiger charge is -2.31. The third-order valence-corrected chi connectivity index (χ3v) is 6.72. The second-order valence-corrected chi connectivity index (χ2v) is 8.03. The van der Waals surface area contributed by atoms with E-state index in [-0.39, 0.29) is 0 Å². The summed E-state index contributed by atoms with van der Waals surface area (Å²) in [5.41, 5.74) is 6.42. The van der Waals surface area contributed by atoms with E-state index >= 15 is 0 Å². The summed E-state index contributed by atoms with van der Waals surface area (Å²) in [6.07, 6.45) is 1.67. The van der Waals surface area contributed by atoms with Gasteiger partial charge in [0.25, 0.3) is 0 Å². The number of rotatable bonds is 5. The number of benzene rings is 1. The Morgan fingerprint density at radius 3 is 2.62 bits per heavy atom. The van der Waals surface area contributed by atoms with Crippen LogP contribution in [0, 0.1) is 5.92 Å². The van der Waals surface area contributed by atoms with Crippen molar-refractivity contribution in [1.82, 2.24) is 4.31 Å². The summed E-state index contributed by atoms with van der Waals surface area (Å²) >= 11 is 3.33. The van der Waals surface area contributed by atoms with Crippen molar-refractivity contribution in [2.75, 3.05) is 26.8 Å². The molecule has 1 aliphatic rings. The van der Waals surface area contributed by atoms with Gasteiger partial charge in [0.2, 0.25) is 10.0 Å². The number of halogens is 1. The highest BCUT2D eigenvalue weighted by molar-refractivity contribution is 9.10. The van der Waals surface area contributed by atoms with Crippen LogP contribution in [0.4, 0.5) is 0 Å². The summed E-state index contributed by atoms with van der Waals surface area (Å²) in [4.78, 5) is 0.302. The molecule has 7 heteroatoms. The quantitative estimate of drug-likeness (QED) is 0.852. The van der Waals surface area contributed by atoms with E-state index in [1.54, 1.807) is 23.5 Å². The van der Waals surface area contributed by atoms with Gasteiger partial charge in [0, 0.05) is 37.8 Å². The van der Waals surface area contributed by atoms with Crippen LogP contribution in [-0.2, 0) is 21.3 Å². The molecule has 5 nitrogen and oxygen atoms in total. The van der Waals surface area contributed by atoms with Crippen molar-refractivity contribution in [3.05, 3.63) is 28.2 Å². The van der Waals surface area contributed by atoms with E-state index in [2.05, 4.69) is 15.9 Å². The largest absolute Gasteiger partial charge is 0.384 e. The smallest absolute Gasteiger partial charge is 0.244 e. The van der Waals surface area contributed by atoms with E-state index in [0.717, 1.165) is 18.4 Å². The number of ether oxygens (including phenoxy) is 1. The number of nitrogens with zero attached hydrogens (tertiary/aromatic N) is 1. The molecule has 1 fully saturated rings. The number of hydrogen-bond acceptors (Lipinski definition) is 4. The van der Waals surface area contributed by atoms with Crippen LogP contribution in [0.15, 0.2) is 27.6 Å². The Bertz CT molecular complexity index is 584. The molecule has 0 atom stereocenters. The van der Waals surface area contributed by atoms with Gasteiger partial charge in [-0.05, 0) is 52.4 Å². The zero-order valence-corrected chi connectivity index (χ0v) is 14.5. The number of sulfonamides is 1. The molecule has 21 heavy (non-hydrogen) atoms. The van der Waals surface area contributed by atoms with Crippen LogP contribution in [0.5, 0.6) is 0 Å². The van der Waals surface area contributed by atoms with E-state index < -0.39 is 10.0 Å². The van der Waals surface area contributed by atoms with E-state index in [1.165, 1.54) is 0 Å². The predicted molar refractivity (Wildman–Crippen MR) is 85.4 cm³/mol. The van der Waals surface area contributed by atoms with Crippen LogP contribution < -0.4 is 5.73 Å². The van der Waals surface area contributed by atoms with Gasteiger partial charge < -0.3 is 10.5 Å². The molecule has 1 saturated heterocycles. The Kier molecular flexibility index (Phi) is 5.79. The lowest BCUT2D eigenvalue weighted by atomic mass is 9.99. The van der Waals surface area contributed by atoms with Crippen LogP contribution in [0.1, 0.15) is 18.4 Å². The first-order chi connectivity index (χ1) is 9.98. The summed E-state index contributed by atoms with van der Waals surface area (Å²) in [6, 6.07) is 5.22. The maximum absolute atomic E-state index is 12.8. The molecule has 1 aromatic carbocycles. The lowest BCUT2D eigenvalue weighted by molar-refractivity contribution is 0.121. The molecular formula is C14H21BrN2O3S. The molecular weight excluding hydrogens is 356 g/mol. The fourth-order valence-corrected chi connectivity index (χ4v) is 5.01. The summed E-state index contributed by atoms with van der Waals surface area (Å²) in [7, 11) is -1.79. The van der Waals surface area contributed by atoms with E-state index in [1.807, 2.05) is 6.07 Å². The first-order valence-electron chi connectivity index (χ1n) is 6.96. The molecule has 0 radical (unpaired) electrons. The Balaban J connectivity index is 2.19. The lowest BCUT2D eigenvalue weighted by Crippen LogP contribution is -2.39. The van der Waals surface area contributed by atoms with E-state index in [0.29, 0.717) is 41.5 Å². The SMILES string of the molecule is COCC1CCN(S(=O)(=O)c2cc(CN)ccc2Br)CC1. The van der Waals surface area contributed by atoms with Gasteiger partial charge in [0.15, 0.2) is 0 Å². The van der Waals surface area contributed by atoms with Crippen molar-refractivity contribution in [2.24, 2.45) is 11.7 Å². The van der Waals surface area contributed by atoms with Gasteiger partial charge in [-0.1, -0.05) is 6.07 Å². The van der Waals surface area contributed by atoms with Crippen LogP contribution >= 0.6 is 15.9 Å². The molecule has 1 heterocycles. The normalized spacial score (nSPS) is 18.0. The minimum Gasteiger partial charge on any atom is -0.384 e. The molecule has 0 unspecified atom stereocenters. The monoisotopic (exact) mass is 376 g/mol. The second kappa shape index (κ2) is 7.19. The van der Waals surface area contributed by atoms with Gasteiger partial charge in [0.1, 0.15) is 0 Å². The minimum absolute atomic E-state index is 0.302. The summed E-state index contributed by atoms with van der Waals surface area (Å²) in [5.74, 6) is 0.445. The maximum atomic E-state index is 12.8. The highest BCUT2D eigenvalue weighted by Crippen LogP contribution is 2.29. The van der Waals surface area contributed by atoms with E-state index in [9.17, 15) is 8.42 Å². The summed E-state index contributed by atoms with van der Waals surface area (Å²) in [6.45, 7) is 2.09. The molecule has 2 rings (SSSR count). The van der Waals surface area contributed by atoms with Crippen LogP contribution in [0.2, 0.25) is 0 Å². The highest BCUT2D eigenvalue weighted by Gasteiger charge is 2.30. The van der Waals surface area contributed by atoms with Crippen molar-refractivity contribution < 1.29 is 13.2 Å². The fourth-order valence-electron chi connectivity index (χ4n) is 2.56. The Hall–Kier alpha value is -0.470. The molecule has 0 bridgehead atoms. The predicted octanol–water partition coefficient (Wildman–Crippen LogP) is 1.95. The van der Waals surface area contributed by atoms with Crippen LogP contribution in [-0.4, -0.2) is 39.5 Å². The van der Waals surface area contributed by atoms with Gasteiger partial charge in [0.05, 0.1) is 4.90 Å². The van der Waals surface area contributed by atoms with Gasteiger partial charge in [-0.3, -0.25) is 0 Å². The number of methoxy groups -OCH3 is 1. The topological polar surface area (TPSA) is 72.6 Å². The fraction of sp³-hybridized carbons (Fsp3) is 0.571. The number of nitrogens with two attached hydrogens (primary N) is 1. The van der Waals surface area contributed by atoms with Gasteiger partial charge >= 0.3 is 0 Å². The average molecular weight is 377 g/mol. The highest BCUT2D eigenvalue weighted by atomic mass is 79.9. The van der Waals surface area contributed by atoms with Crippen molar-refractivity contribution in [3.63, 3.8) is 0 Å². The minimum atomic E-state index is -3.47. The summed E-state index contributed by atoms with van der Waals surface area (Å²) in [5, 5.41) is 0. The molecule has 118 valence electrons. The van der Waals surface area contributed by atoms with Gasteiger partial charge in [-0.25, -0.2) is 8.42 Å². The Morgan fingerprint density at radius 1 is 1.38 bits per heavy atom. The average Bonchev–Trinajstić information content (AvgIpc) is 2.48. The molecule has 0 saturated carbocycles. The molecule has 2 N–H and O–H groups in total. The van der Waals surface area contributed by atoms with Gasteiger partial charge in [-0.15, -0.1) is 0 Å². The first kappa shape index (κ1) is 16.9. The molecule has 1 aromatic rings. The molecule has 0 aliphatic carbocycles. The number of piperidine rings is 1. The van der Waals surface area contributed by atoms with Crippen molar-refractivity contribution in [3.8, 4) is 0 Å². The van der Waals surface area contributed by atoms with Crippen LogP contribution in [0.25, 0.3) is 0 Å². The molecule has 0 amide bonds. The van der Waals surface area contributed by atoms with Crippen molar-refractivity contribution >= 4 is 26.0 Å². The zero-order chi connectivity index (χ0) is 15.5. The third kappa shape index (κ3) is 3.84. The van der Waals surface area contributed by atoms with Gasteiger partial charge in [-0.2, -0.15) is 4.31 Å². The second-order valence-electron chi connectivity index (χ2n) is 5.27. The summed E-state index contributed by atoms with van der Waals surface area (Å²) < 4.78 is 32.8. The zero-order valence-electron chi connectivity index (χ0n) is 12.1. The third-order valence-electron chi connectivity index (χ3n) is 3.83. The Labute approximate surface area is 134 Å². The standard InChI is InChI=1S/C14H21BrN2O3S/c1-20-10-11-4-6-17(7-5-11)21(18,19)14-8-12(9-16)2-3-13(14)15/h2-3,8,11H,4-7,9-10,16H2,1H3.